The van der Waals surface area contributed by atoms with Crippen LogP contribution in [0, 0.1) is 5.82 Å². The summed E-state index contributed by atoms with van der Waals surface area (Å²) in [7, 11) is 1.90. The van der Waals surface area contributed by atoms with Crippen LogP contribution in [0.5, 0.6) is 0 Å². The minimum absolute atomic E-state index is 0.00255. The maximum Gasteiger partial charge on any atom is 0.123 e. The number of rotatable bonds is 5. The second-order valence-electron chi connectivity index (χ2n) is 4.00. The SMILES string of the molecule is CC(CO)N(C)C(CN)c1ccc(F)cc1. The van der Waals surface area contributed by atoms with Gasteiger partial charge in [0.05, 0.1) is 6.61 Å². The molecular weight excluding hydrogens is 207 g/mol. The normalized spacial score (nSPS) is 15.1. The lowest BCUT2D eigenvalue weighted by Gasteiger charge is -2.31. The second kappa shape index (κ2) is 5.94. The van der Waals surface area contributed by atoms with E-state index in [0.717, 1.165) is 5.56 Å². The average molecular weight is 226 g/mol. The molecule has 90 valence electrons. The highest BCUT2D eigenvalue weighted by Gasteiger charge is 2.19. The molecule has 2 atom stereocenters. The third-order valence-corrected chi connectivity index (χ3v) is 2.93. The first kappa shape index (κ1) is 13.1. The van der Waals surface area contributed by atoms with Gasteiger partial charge in [0.25, 0.3) is 0 Å². The molecule has 1 aromatic carbocycles. The number of benzene rings is 1. The van der Waals surface area contributed by atoms with Gasteiger partial charge < -0.3 is 10.8 Å². The molecular formula is C12H19FN2O. The van der Waals surface area contributed by atoms with E-state index in [4.69, 9.17) is 10.8 Å². The van der Waals surface area contributed by atoms with Gasteiger partial charge in [0.1, 0.15) is 5.82 Å². The van der Waals surface area contributed by atoms with E-state index in [9.17, 15) is 4.39 Å². The zero-order chi connectivity index (χ0) is 12.1. The highest BCUT2D eigenvalue weighted by molar-refractivity contribution is 5.20. The molecule has 3 N–H and O–H groups in total. The molecule has 16 heavy (non-hydrogen) atoms. The van der Waals surface area contributed by atoms with Crippen LogP contribution in [0.25, 0.3) is 0 Å². The number of halogens is 1. The molecule has 1 aromatic rings. The van der Waals surface area contributed by atoms with Crippen molar-refractivity contribution in [2.45, 2.75) is 19.0 Å². The van der Waals surface area contributed by atoms with E-state index in [1.54, 1.807) is 12.1 Å². The summed E-state index contributed by atoms with van der Waals surface area (Å²) in [6, 6.07) is 6.34. The first-order valence-corrected chi connectivity index (χ1v) is 5.38. The second-order valence-corrected chi connectivity index (χ2v) is 4.00. The fraction of sp³-hybridized carbons (Fsp3) is 0.500. The number of likely N-dealkylation sites (N-methyl/N-ethyl adjacent to an activating group) is 1. The van der Waals surface area contributed by atoms with Crippen molar-refractivity contribution < 1.29 is 9.50 Å². The lowest BCUT2D eigenvalue weighted by atomic mass is 10.0. The highest BCUT2D eigenvalue weighted by Crippen LogP contribution is 2.20. The molecule has 0 amide bonds. The van der Waals surface area contributed by atoms with Crippen molar-refractivity contribution in [1.29, 1.82) is 0 Å². The van der Waals surface area contributed by atoms with Gasteiger partial charge >= 0.3 is 0 Å². The number of aliphatic hydroxyl groups is 1. The summed E-state index contributed by atoms with van der Waals surface area (Å²) in [5.41, 5.74) is 6.68. The lowest BCUT2D eigenvalue weighted by Crippen LogP contribution is -2.38. The Bertz CT molecular complexity index is 315. The van der Waals surface area contributed by atoms with E-state index in [2.05, 4.69) is 0 Å². The maximum absolute atomic E-state index is 12.8. The molecule has 0 saturated carbocycles. The van der Waals surface area contributed by atoms with E-state index in [-0.39, 0.29) is 24.5 Å². The lowest BCUT2D eigenvalue weighted by molar-refractivity contribution is 0.122. The van der Waals surface area contributed by atoms with Crippen molar-refractivity contribution in [3.05, 3.63) is 35.6 Å². The number of hydrogen-bond donors (Lipinski definition) is 2. The van der Waals surface area contributed by atoms with Gasteiger partial charge in [0, 0.05) is 18.6 Å². The van der Waals surface area contributed by atoms with Crippen LogP contribution in [0.2, 0.25) is 0 Å². The maximum atomic E-state index is 12.8. The Labute approximate surface area is 95.7 Å². The van der Waals surface area contributed by atoms with Gasteiger partial charge in [-0.3, -0.25) is 4.90 Å². The predicted molar refractivity (Wildman–Crippen MR) is 62.5 cm³/mol. The average Bonchev–Trinajstić information content (AvgIpc) is 2.31. The molecule has 3 nitrogen and oxygen atoms in total. The first-order chi connectivity index (χ1) is 7.60. The van der Waals surface area contributed by atoms with Crippen LogP contribution >= 0.6 is 0 Å². The van der Waals surface area contributed by atoms with Crippen LogP contribution in [0.3, 0.4) is 0 Å². The molecule has 0 spiro atoms. The molecule has 0 heterocycles. The molecule has 0 bridgehead atoms. The highest BCUT2D eigenvalue weighted by atomic mass is 19.1. The quantitative estimate of drug-likeness (QED) is 0.791. The molecule has 0 saturated heterocycles. The minimum atomic E-state index is -0.252. The van der Waals surface area contributed by atoms with Crippen molar-refractivity contribution in [2.24, 2.45) is 5.73 Å². The molecule has 0 fully saturated rings. The van der Waals surface area contributed by atoms with Gasteiger partial charge in [-0.05, 0) is 31.7 Å². The number of nitrogens with zero attached hydrogens (tertiary/aromatic N) is 1. The number of hydrogen-bond acceptors (Lipinski definition) is 3. The van der Waals surface area contributed by atoms with Gasteiger partial charge in [-0.15, -0.1) is 0 Å². The van der Waals surface area contributed by atoms with Crippen molar-refractivity contribution in [2.75, 3.05) is 20.2 Å². The van der Waals surface area contributed by atoms with Gasteiger partial charge in [-0.1, -0.05) is 12.1 Å². The van der Waals surface area contributed by atoms with Crippen LogP contribution < -0.4 is 5.73 Å². The van der Waals surface area contributed by atoms with Crippen LogP contribution in [-0.4, -0.2) is 36.2 Å². The van der Waals surface area contributed by atoms with Crippen LogP contribution in [0.4, 0.5) is 4.39 Å². The zero-order valence-electron chi connectivity index (χ0n) is 9.73. The van der Waals surface area contributed by atoms with Crippen LogP contribution in [-0.2, 0) is 0 Å². The monoisotopic (exact) mass is 226 g/mol. The van der Waals surface area contributed by atoms with Crippen molar-refractivity contribution in [1.82, 2.24) is 4.90 Å². The van der Waals surface area contributed by atoms with Gasteiger partial charge in [-0.2, -0.15) is 0 Å². The van der Waals surface area contributed by atoms with Crippen LogP contribution in [0.1, 0.15) is 18.5 Å². The Morgan fingerprint density at radius 3 is 2.38 bits per heavy atom. The molecule has 0 aromatic heterocycles. The molecule has 4 heteroatoms. The third-order valence-electron chi connectivity index (χ3n) is 2.93. The Morgan fingerprint density at radius 2 is 1.94 bits per heavy atom. The smallest absolute Gasteiger partial charge is 0.123 e. The number of aliphatic hydroxyl groups excluding tert-OH is 1. The Morgan fingerprint density at radius 1 is 1.38 bits per heavy atom. The summed E-state index contributed by atoms with van der Waals surface area (Å²) in [5.74, 6) is -0.252. The summed E-state index contributed by atoms with van der Waals surface area (Å²) in [6.07, 6.45) is 0. The van der Waals surface area contributed by atoms with E-state index in [1.165, 1.54) is 12.1 Å². The van der Waals surface area contributed by atoms with Gasteiger partial charge in [-0.25, -0.2) is 4.39 Å². The van der Waals surface area contributed by atoms with Gasteiger partial charge in [0.2, 0.25) is 0 Å². The summed E-state index contributed by atoms with van der Waals surface area (Å²) in [6.45, 7) is 2.44. The molecule has 0 aliphatic rings. The van der Waals surface area contributed by atoms with Crippen molar-refractivity contribution in [3.63, 3.8) is 0 Å². The van der Waals surface area contributed by atoms with Crippen molar-refractivity contribution in [3.8, 4) is 0 Å². The van der Waals surface area contributed by atoms with E-state index in [1.807, 2.05) is 18.9 Å². The third kappa shape index (κ3) is 3.01. The molecule has 2 unspecified atom stereocenters. The molecule has 0 aliphatic heterocycles. The summed E-state index contributed by atoms with van der Waals surface area (Å²) >= 11 is 0. The zero-order valence-corrected chi connectivity index (χ0v) is 9.73. The predicted octanol–water partition coefficient (Wildman–Crippen LogP) is 1.14. The Hall–Kier alpha value is -0.970. The van der Waals surface area contributed by atoms with Crippen LogP contribution in [0.15, 0.2) is 24.3 Å². The fourth-order valence-corrected chi connectivity index (χ4v) is 1.66. The Balaban J connectivity index is 2.85. The van der Waals surface area contributed by atoms with Crippen molar-refractivity contribution >= 4 is 0 Å². The fourth-order valence-electron chi connectivity index (χ4n) is 1.66. The topological polar surface area (TPSA) is 49.5 Å². The summed E-state index contributed by atoms with van der Waals surface area (Å²) in [4.78, 5) is 1.99. The standard InChI is InChI=1S/C12H19FN2O/c1-9(8-16)15(2)12(7-14)10-3-5-11(13)6-4-10/h3-6,9,12,16H,7-8,14H2,1-2H3. The largest absolute Gasteiger partial charge is 0.395 e. The molecule has 0 aliphatic carbocycles. The minimum Gasteiger partial charge on any atom is -0.395 e. The summed E-state index contributed by atoms with van der Waals surface area (Å²) < 4.78 is 12.8. The van der Waals surface area contributed by atoms with E-state index >= 15 is 0 Å². The molecule has 0 radical (unpaired) electrons. The number of nitrogens with two attached hydrogens (primary N) is 1. The first-order valence-electron chi connectivity index (χ1n) is 5.38. The van der Waals surface area contributed by atoms with Gasteiger partial charge in [0.15, 0.2) is 0 Å². The Kier molecular flexibility index (Phi) is 4.86. The van der Waals surface area contributed by atoms with E-state index < -0.39 is 0 Å². The summed E-state index contributed by atoms with van der Waals surface area (Å²) in [5, 5.41) is 9.10. The van der Waals surface area contributed by atoms with E-state index in [0.29, 0.717) is 6.54 Å². The molecule has 1 rings (SSSR count).